The van der Waals surface area contributed by atoms with E-state index in [2.05, 4.69) is 0 Å². The first-order chi connectivity index (χ1) is 7.93. The maximum absolute atomic E-state index is 9.10. The molecule has 0 aromatic heterocycles. The van der Waals surface area contributed by atoms with E-state index >= 15 is 0 Å². The van der Waals surface area contributed by atoms with Gasteiger partial charge in [-0.15, -0.1) is 0 Å². The van der Waals surface area contributed by atoms with Gasteiger partial charge in [0.05, 0.1) is 0 Å². The molecule has 0 aromatic rings. The van der Waals surface area contributed by atoms with Crippen LogP contribution in [-0.2, 0) is 28.8 Å². The molecule has 0 aromatic carbocycles. The van der Waals surface area contributed by atoms with Gasteiger partial charge in [-0.25, -0.2) is 28.8 Å². The fourth-order valence-corrected chi connectivity index (χ4v) is 0. The summed E-state index contributed by atoms with van der Waals surface area (Å²) in [5, 5.41) is 44.3. The average Bonchev–Trinajstić information content (AvgIpc) is 2.18. The number of hydrogen-bond acceptors (Lipinski definition) is 6. The number of rotatable bonds is 0. The molecule has 0 unspecified atom stereocenters. The molecule has 15 nitrogen and oxygen atoms in total. The third kappa shape index (κ3) is 62.3. The van der Waals surface area contributed by atoms with Gasteiger partial charge in [-0.2, -0.15) is 0 Å². The van der Waals surface area contributed by atoms with Gasteiger partial charge in [0.15, 0.2) is 0 Å². The van der Waals surface area contributed by atoms with Crippen molar-refractivity contribution >= 4 is 35.8 Å². The predicted octanol–water partition coefficient (Wildman–Crippen LogP) is -5.01. The first-order valence-corrected chi connectivity index (χ1v) is 3.32. The van der Waals surface area contributed by atoms with Crippen molar-refractivity contribution in [1.29, 1.82) is 0 Å². The molecule has 0 aliphatic heterocycles. The Labute approximate surface area is 184 Å². The van der Waals surface area contributed by atoms with E-state index in [1.165, 1.54) is 0 Å². The van der Waals surface area contributed by atoms with Crippen LogP contribution in [0.2, 0.25) is 0 Å². The number of hydrogen-bond donors (Lipinski definition) is 6. The normalized spacial score (nSPS) is 5.74. The van der Waals surface area contributed by atoms with Gasteiger partial charge >= 0.3 is 35.8 Å². The minimum Gasteiger partial charge on any atom is -0.473 e. The zero-order valence-electron chi connectivity index (χ0n) is 10.2. The van der Waals surface area contributed by atoms with Gasteiger partial charge in [-0.3, -0.25) is 0 Å². The maximum atomic E-state index is 9.10. The molecule has 0 fully saturated rings. The number of carbonyl (C=O) groups is 6. The van der Waals surface area contributed by atoms with Crippen LogP contribution in [-0.4, -0.2) is 82.9 Å². The minimum absolute atomic E-state index is 0. The van der Waals surface area contributed by atoms with E-state index in [0.29, 0.717) is 0 Å². The van der Waals surface area contributed by atoms with E-state index in [1.807, 2.05) is 0 Å². The van der Waals surface area contributed by atoms with Gasteiger partial charge < -0.3 is 47.1 Å². The molecular formula is C6H12Er2O15. The van der Waals surface area contributed by atoms with Crippen LogP contribution in [0.4, 0.5) is 0 Å². The second kappa shape index (κ2) is 29.2. The van der Waals surface area contributed by atoms with Crippen molar-refractivity contribution in [2.75, 3.05) is 0 Å². The molecule has 0 aliphatic carbocycles. The molecule has 0 heterocycles. The summed E-state index contributed by atoms with van der Waals surface area (Å²) in [7, 11) is 0. The molecule has 0 saturated heterocycles. The Balaban J connectivity index is -0.0000000221. The van der Waals surface area contributed by atoms with Gasteiger partial charge in [0, 0.05) is 74.6 Å². The Kier molecular flexibility index (Phi) is 62.9. The molecule has 0 aliphatic rings. The van der Waals surface area contributed by atoms with E-state index in [1.54, 1.807) is 0 Å². The monoisotopic (exact) mass is 656 g/mol. The maximum Gasteiger partial charge on any atom is 0.414 e. The first-order valence-electron chi connectivity index (χ1n) is 3.32. The SMILES string of the molecule is O.O.O.O=C(O)C(=O)O.O=C(O)C(=O)O.O=C(O)C(=O)O.[Er].[Er]. The quantitative estimate of drug-likeness (QED) is 0.133. The molecule has 0 amide bonds. The van der Waals surface area contributed by atoms with Crippen molar-refractivity contribution in [2.45, 2.75) is 0 Å². The van der Waals surface area contributed by atoms with Gasteiger partial charge in [0.1, 0.15) is 0 Å². The van der Waals surface area contributed by atoms with Crippen molar-refractivity contribution in [3.8, 4) is 0 Å². The summed E-state index contributed by atoms with van der Waals surface area (Å²) in [5.41, 5.74) is 0. The van der Waals surface area contributed by atoms with Crippen LogP contribution in [0.15, 0.2) is 0 Å². The average molecular weight is 659 g/mol. The van der Waals surface area contributed by atoms with Crippen LogP contribution >= 0.6 is 0 Å². The molecule has 0 rings (SSSR count). The number of carboxylic acid groups (broad SMARTS) is 6. The summed E-state index contributed by atoms with van der Waals surface area (Å²) in [6.45, 7) is 0. The van der Waals surface area contributed by atoms with Crippen LogP contribution in [0.1, 0.15) is 0 Å². The second-order valence-corrected chi connectivity index (χ2v) is 1.83. The fraction of sp³-hybridized carbons (Fsp3) is 0. The number of aliphatic carboxylic acids is 6. The molecule has 0 spiro atoms. The molecule has 0 radical (unpaired) electrons. The molecular weight excluding hydrogens is 647 g/mol. The van der Waals surface area contributed by atoms with Crippen molar-refractivity contribution < 1.29 is 150 Å². The Morgan fingerprint density at radius 2 is 0.391 bits per heavy atom. The first kappa shape index (κ1) is 49.5. The number of carboxylic acids is 6. The van der Waals surface area contributed by atoms with Gasteiger partial charge in [-0.1, -0.05) is 0 Å². The van der Waals surface area contributed by atoms with Crippen molar-refractivity contribution in [2.24, 2.45) is 0 Å². The summed E-state index contributed by atoms with van der Waals surface area (Å²) < 4.78 is 0. The molecule has 23 heavy (non-hydrogen) atoms. The summed E-state index contributed by atoms with van der Waals surface area (Å²) in [6, 6.07) is 0. The van der Waals surface area contributed by atoms with Crippen molar-refractivity contribution in [3.63, 3.8) is 0 Å². The summed E-state index contributed by atoms with van der Waals surface area (Å²) in [4.78, 5) is 54.6. The van der Waals surface area contributed by atoms with Crippen LogP contribution in [0.5, 0.6) is 0 Å². The second-order valence-electron chi connectivity index (χ2n) is 1.83. The molecule has 12 N–H and O–H groups in total. The van der Waals surface area contributed by atoms with E-state index in [4.69, 9.17) is 59.4 Å². The molecule has 0 atom stereocenters. The predicted molar refractivity (Wildman–Crippen MR) is 56.7 cm³/mol. The van der Waals surface area contributed by atoms with Crippen molar-refractivity contribution in [3.05, 3.63) is 0 Å². The van der Waals surface area contributed by atoms with Crippen LogP contribution in [0.25, 0.3) is 0 Å². The largest absolute Gasteiger partial charge is 0.473 e. The van der Waals surface area contributed by atoms with Crippen LogP contribution in [0.3, 0.4) is 0 Å². The summed E-state index contributed by atoms with van der Waals surface area (Å²) in [5.74, 6) is -10.9. The van der Waals surface area contributed by atoms with Crippen LogP contribution in [0, 0.1) is 74.6 Å². The van der Waals surface area contributed by atoms with E-state index in [0.717, 1.165) is 0 Å². The van der Waals surface area contributed by atoms with E-state index < -0.39 is 35.8 Å². The molecule has 17 heteroatoms. The topological polar surface area (TPSA) is 318 Å². The zero-order chi connectivity index (χ0) is 15.5. The molecule has 0 saturated carbocycles. The molecule has 150 valence electrons. The Morgan fingerprint density at radius 3 is 0.391 bits per heavy atom. The Hall–Kier alpha value is -0.806. The zero-order valence-corrected chi connectivity index (χ0v) is 13.9. The molecule has 0 bridgehead atoms. The van der Waals surface area contributed by atoms with Gasteiger partial charge in [-0.05, 0) is 0 Å². The fourth-order valence-electron chi connectivity index (χ4n) is 0. The third-order valence-corrected chi connectivity index (χ3v) is 0.549. The van der Waals surface area contributed by atoms with Crippen molar-refractivity contribution in [1.82, 2.24) is 0 Å². The minimum atomic E-state index is -1.82. The third-order valence-electron chi connectivity index (χ3n) is 0.549. The summed E-state index contributed by atoms with van der Waals surface area (Å²) in [6.07, 6.45) is 0. The van der Waals surface area contributed by atoms with E-state index in [-0.39, 0.29) is 91.0 Å². The Morgan fingerprint density at radius 1 is 0.348 bits per heavy atom. The summed E-state index contributed by atoms with van der Waals surface area (Å²) >= 11 is 0. The smallest absolute Gasteiger partial charge is 0.414 e. The van der Waals surface area contributed by atoms with E-state index in [9.17, 15) is 0 Å². The Bertz CT molecular complexity index is 283. The van der Waals surface area contributed by atoms with Gasteiger partial charge in [0.2, 0.25) is 0 Å². The van der Waals surface area contributed by atoms with Crippen LogP contribution < -0.4 is 0 Å². The van der Waals surface area contributed by atoms with Gasteiger partial charge in [0.25, 0.3) is 0 Å². The standard InChI is InChI=1S/3C2H2O4.2Er.3H2O/c3*3-1(4)2(5)6;;;;;/h3*(H,3,4)(H,5,6);;;3*1H2.